The molecule has 28 heavy (non-hydrogen) atoms. The number of nitrogens with one attached hydrogen (secondary N) is 2. The molecule has 3 rings (SSSR count). The number of rotatable bonds is 7. The minimum absolute atomic E-state index is 0.280. The second kappa shape index (κ2) is 9.23. The summed E-state index contributed by atoms with van der Waals surface area (Å²) < 4.78 is 5.95. The number of hydrogen-bond donors (Lipinski definition) is 3. The standard InChI is InChI=1S/C22H21N3O3/c23-22(27)24-15-16-11-13-18(14-12-16)25-21(26)20(17-7-3-1-4-8-17)28-19-9-5-2-6-10-19/h1-14,20H,15H2,(H,25,26)(H3,23,24,27)/t20-/m0/s1. The first-order chi connectivity index (χ1) is 13.6. The van der Waals surface area contributed by atoms with Crippen LogP contribution in [0.2, 0.25) is 0 Å². The number of nitrogens with two attached hydrogens (primary N) is 1. The van der Waals surface area contributed by atoms with Crippen molar-refractivity contribution in [2.24, 2.45) is 5.73 Å². The van der Waals surface area contributed by atoms with Gasteiger partial charge in [-0.25, -0.2) is 4.79 Å². The van der Waals surface area contributed by atoms with Crippen molar-refractivity contribution in [3.8, 4) is 5.75 Å². The van der Waals surface area contributed by atoms with E-state index in [9.17, 15) is 9.59 Å². The molecule has 0 unspecified atom stereocenters. The molecule has 0 saturated heterocycles. The third kappa shape index (κ3) is 5.35. The Bertz CT molecular complexity index is 913. The monoisotopic (exact) mass is 375 g/mol. The maximum atomic E-state index is 12.9. The molecule has 4 N–H and O–H groups in total. The number of carbonyl (C=O) groups is 2. The van der Waals surface area contributed by atoms with Crippen LogP contribution in [0, 0.1) is 0 Å². The van der Waals surface area contributed by atoms with Gasteiger partial charge in [-0.1, -0.05) is 60.7 Å². The lowest BCUT2D eigenvalue weighted by Crippen LogP contribution is -2.28. The first kappa shape index (κ1) is 19.0. The average molecular weight is 375 g/mol. The largest absolute Gasteiger partial charge is 0.476 e. The van der Waals surface area contributed by atoms with Crippen LogP contribution in [0.25, 0.3) is 0 Å². The van der Waals surface area contributed by atoms with E-state index in [0.29, 0.717) is 18.0 Å². The molecule has 3 aromatic carbocycles. The van der Waals surface area contributed by atoms with E-state index in [1.807, 2.05) is 60.7 Å². The molecule has 0 spiro atoms. The number of para-hydroxylation sites is 1. The van der Waals surface area contributed by atoms with Crippen LogP contribution >= 0.6 is 0 Å². The Morgan fingerprint density at radius 3 is 2.07 bits per heavy atom. The second-order valence-corrected chi connectivity index (χ2v) is 6.13. The Hall–Kier alpha value is -3.80. The smallest absolute Gasteiger partial charge is 0.312 e. The van der Waals surface area contributed by atoms with E-state index < -0.39 is 12.1 Å². The molecule has 3 amide bonds. The van der Waals surface area contributed by atoms with E-state index in [0.717, 1.165) is 11.1 Å². The fourth-order valence-corrected chi connectivity index (χ4v) is 2.64. The molecule has 0 saturated carbocycles. The lowest BCUT2D eigenvalue weighted by molar-refractivity contribution is -0.123. The van der Waals surface area contributed by atoms with Gasteiger partial charge < -0.3 is 21.1 Å². The first-order valence-corrected chi connectivity index (χ1v) is 8.81. The average Bonchev–Trinajstić information content (AvgIpc) is 2.73. The molecule has 0 heterocycles. The Labute approximate surface area is 163 Å². The van der Waals surface area contributed by atoms with Crippen LogP contribution in [0.15, 0.2) is 84.9 Å². The van der Waals surface area contributed by atoms with Gasteiger partial charge in [0, 0.05) is 17.8 Å². The summed E-state index contributed by atoms with van der Waals surface area (Å²) in [7, 11) is 0. The summed E-state index contributed by atoms with van der Waals surface area (Å²) in [6.07, 6.45) is -0.792. The zero-order valence-corrected chi connectivity index (χ0v) is 15.2. The molecular formula is C22H21N3O3. The number of anilines is 1. The zero-order valence-electron chi connectivity index (χ0n) is 15.2. The van der Waals surface area contributed by atoms with Gasteiger partial charge in [0.25, 0.3) is 5.91 Å². The Kier molecular flexibility index (Phi) is 6.25. The quantitative estimate of drug-likeness (QED) is 0.589. The van der Waals surface area contributed by atoms with Gasteiger partial charge in [-0.15, -0.1) is 0 Å². The molecule has 0 aliphatic heterocycles. The highest BCUT2D eigenvalue weighted by molar-refractivity contribution is 5.95. The van der Waals surface area contributed by atoms with Gasteiger partial charge in [0.15, 0.2) is 0 Å². The van der Waals surface area contributed by atoms with E-state index in [2.05, 4.69) is 10.6 Å². The SMILES string of the molecule is NC(=O)NCc1ccc(NC(=O)[C@@H](Oc2ccccc2)c2ccccc2)cc1. The molecule has 0 fully saturated rings. The van der Waals surface area contributed by atoms with E-state index in [1.54, 1.807) is 24.3 Å². The van der Waals surface area contributed by atoms with Crippen LogP contribution in [0.5, 0.6) is 5.75 Å². The van der Waals surface area contributed by atoms with Crippen molar-refractivity contribution >= 4 is 17.6 Å². The maximum absolute atomic E-state index is 12.9. The molecular weight excluding hydrogens is 354 g/mol. The highest BCUT2D eigenvalue weighted by Crippen LogP contribution is 2.23. The van der Waals surface area contributed by atoms with Gasteiger partial charge in [0.05, 0.1) is 0 Å². The van der Waals surface area contributed by atoms with Crippen molar-refractivity contribution in [3.05, 3.63) is 96.1 Å². The van der Waals surface area contributed by atoms with Crippen LogP contribution in [-0.4, -0.2) is 11.9 Å². The predicted octanol–water partition coefficient (Wildman–Crippen LogP) is 3.61. The molecule has 3 aromatic rings. The highest BCUT2D eigenvalue weighted by Gasteiger charge is 2.22. The summed E-state index contributed by atoms with van der Waals surface area (Å²) in [6.45, 7) is 0.327. The summed E-state index contributed by atoms with van der Waals surface area (Å²) in [5.74, 6) is 0.331. The van der Waals surface area contributed by atoms with Gasteiger partial charge >= 0.3 is 6.03 Å². The molecule has 1 atom stereocenters. The van der Waals surface area contributed by atoms with Crippen LogP contribution in [0.3, 0.4) is 0 Å². The lowest BCUT2D eigenvalue weighted by Gasteiger charge is -2.19. The number of benzene rings is 3. The van der Waals surface area contributed by atoms with Crippen molar-refractivity contribution in [3.63, 3.8) is 0 Å². The lowest BCUT2D eigenvalue weighted by atomic mass is 10.1. The Morgan fingerprint density at radius 2 is 1.46 bits per heavy atom. The van der Waals surface area contributed by atoms with Crippen LogP contribution < -0.4 is 21.1 Å². The van der Waals surface area contributed by atoms with E-state index in [4.69, 9.17) is 10.5 Å². The minimum atomic E-state index is -0.792. The number of hydrogen-bond acceptors (Lipinski definition) is 3. The fourth-order valence-electron chi connectivity index (χ4n) is 2.64. The second-order valence-electron chi connectivity index (χ2n) is 6.13. The van der Waals surface area contributed by atoms with E-state index >= 15 is 0 Å². The van der Waals surface area contributed by atoms with Crippen molar-refractivity contribution in [1.82, 2.24) is 5.32 Å². The maximum Gasteiger partial charge on any atom is 0.312 e. The van der Waals surface area contributed by atoms with Gasteiger partial charge in [0.2, 0.25) is 6.10 Å². The molecule has 142 valence electrons. The number of primary amides is 1. The van der Waals surface area contributed by atoms with Crippen LogP contribution in [0.1, 0.15) is 17.2 Å². The molecule has 0 aliphatic rings. The third-order valence-electron chi connectivity index (χ3n) is 4.03. The van der Waals surface area contributed by atoms with Gasteiger partial charge in [-0.05, 0) is 29.8 Å². The summed E-state index contributed by atoms with van der Waals surface area (Å²) in [4.78, 5) is 23.7. The summed E-state index contributed by atoms with van der Waals surface area (Å²) in [5.41, 5.74) is 7.32. The Balaban J connectivity index is 1.73. The Morgan fingerprint density at radius 1 is 0.857 bits per heavy atom. The predicted molar refractivity (Wildman–Crippen MR) is 108 cm³/mol. The molecule has 0 bridgehead atoms. The van der Waals surface area contributed by atoms with Gasteiger partial charge in [-0.2, -0.15) is 0 Å². The summed E-state index contributed by atoms with van der Waals surface area (Å²) in [6, 6.07) is 25.1. The molecule has 0 radical (unpaired) electrons. The van der Waals surface area contributed by atoms with Crippen molar-refractivity contribution in [1.29, 1.82) is 0 Å². The van der Waals surface area contributed by atoms with Crippen molar-refractivity contribution in [2.75, 3.05) is 5.32 Å². The van der Waals surface area contributed by atoms with Gasteiger partial charge in [-0.3, -0.25) is 4.79 Å². The topological polar surface area (TPSA) is 93.5 Å². The van der Waals surface area contributed by atoms with Gasteiger partial charge in [0.1, 0.15) is 5.75 Å². The number of carbonyl (C=O) groups excluding carboxylic acids is 2. The molecule has 0 aromatic heterocycles. The third-order valence-corrected chi connectivity index (χ3v) is 4.03. The number of urea groups is 1. The normalized spacial score (nSPS) is 11.3. The number of ether oxygens (including phenoxy) is 1. The molecule has 0 aliphatic carbocycles. The van der Waals surface area contributed by atoms with E-state index in [1.165, 1.54) is 0 Å². The summed E-state index contributed by atoms with van der Waals surface area (Å²) >= 11 is 0. The van der Waals surface area contributed by atoms with Crippen LogP contribution in [-0.2, 0) is 11.3 Å². The highest BCUT2D eigenvalue weighted by atomic mass is 16.5. The fraction of sp³-hybridized carbons (Fsp3) is 0.0909. The minimum Gasteiger partial charge on any atom is -0.476 e. The number of amides is 3. The molecule has 6 heteroatoms. The van der Waals surface area contributed by atoms with E-state index in [-0.39, 0.29) is 5.91 Å². The summed E-state index contributed by atoms with van der Waals surface area (Å²) in [5, 5.41) is 5.40. The zero-order chi connectivity index (χ0) is 19.8. The molecule has 6 nitrogen and oxygen atoms in total. The first-order valence-electron chi connectivity index (χ1n) is 8.81. The van der Waals surface area contributed by atoms with Crippen molar-refractivity contribution < 1.29 is 14.3 Å². The van der Waals surface area contributed by atoms with Crippen molar-refractivity contribution in [2.45, 2.75) is 12.6 Å². The van der Waals surface area contributed by atoms with Crippen LogP contribution in [0.4, 0.5) is 10.5 Å².